The molecule has 0 bridgehead atoms. The van der Waals surface area contributed by atoms with Crippen molar-refractivity contribution in [2.45, 2.75) is 25.2 Å². The molecular weight excluding hydrogens is 452 g/mol. The molecule has 2 atom stereocenters. The van der Waals surface area contributed by atoms with E-state index in [0.717, 1.165) is 17.8 Å². The highest BCUT2D eigenvalue weighted by molar-refractivity contribution is 7.89. The molecule has 1 fully saturated rings. The van der Waals surface area contributed by atoms with Gasteiger partial charge in [-0.2, -0.15) is 4.31 Å². The molecule has 9 nitrogen and oxygen atoms in total. The third-order valence-electron chi connectivity index (χ3n) is 5.39. The van der Waals surface area contributed by atoms with Gasteiger partial charge >= 0.3 is 0 Å². The van der Waals surface area contributed by atoms with Crippen LogP contribution >= 0.6 is 11.3 Å². The number of hydrogen-bond donors (Lipinski definition) is 1. The van der Waals surface area contributed by atoms with Crippen molar-refractivity contribution in [3.8, 4) is 0 Å². The largest absolute Gasteiger partial charge is 0.298 e. The fourth-order valence-corrected chi connectivity index (χ4v) is 6.55. The van der Waals surface area contributed by atoms with E-state index in [2.05, 4.69) is 10.3 Å². The SMILES string of the molecule is CC1CC(C)CN(S(=O)(=O)c2ccc(C(=O)Nc3nc4ccc([N+](=O)[O-])cc4s3)cc2)C1. The van der Waals surface area contributed by atoms with E-state index in [9.17, 15) is 23.3 Å². The number of benzene rings is 2. The van der Waals surface area contributed by atoms with Crippen molar-refractivity contribution in [1.29, 1.82) is 0 Å². The molecule has 1 aliphatic rings. The van der Waals surface area contributed by atoms with Gasteiger partial charge in [0.25, 0.3) is 11.6 Å². The predicted octanol–water partition coefficient (Wildman–Crippen LogP) is 4.12. The Balaban J connectivity index is 1.49. The van der Waals surface area contributed by atoms with E-state index in [4.69, 9.17) is 0 Å². The Bertz CT molecular complexity index is 1280. The number of thiazole rings is 1. The van der Waals surface area contributed by atoms with Crippen molar-refractivity contribution in [3.63, 3.8) is 0 Å². The molecule has 1 N–H and O–H groups in total. The molecule has 2 unspecified atom stereocenters. The minimum Gasteiger partial charge on any atom is -0.298 e. The van der Waals surface area contributed by atoms with Gasteiger partial charge in [-0.05, 0) is 48.6 Å². The fraction of sp³-hybridized carbons (Fsp3) is 0.333. The van der Waals surface area contributed by atoms with Crippen molar-refractivity contribution < 1.29 is 18.1 Å². The van der Waals surface area contributed by atoms with E-state index >= 15 is 0 Å². The number of fused-ring (bicyclic) bond motifs is 1. The Morgan fingerprint density at radius 3 is 2.44 bits per heavy atom. The van der Waals surface area contributed by atoms with Gasteiger partial charge in [0.1, 0.15) is 0 Å². The van der Waals surface area contributed by atoms with Crippen LogP contribution in [0.5, 0.6) is 0 Å². The highest BCUT2D eigenvalue weighted by Crippen LogP contribution is 2.30. The number of piperidine rings is 1. The number of nitro groups is 1. The number of sulfonamides is 1. The van der Waals surface area contributed by atoms with Crippen LogP contribution in [0.4, 0.5) is 10.8 Å². The molecular formula is C21H22N4O5S2. The second-order valence-corrected chi connectivity index (χ2v) is 11.1. The van der Waals surface area contributed by atoms with Gasteiger partial charge in [0.05, 0.1) is 20.0 Å². The maximum atomic E-state index is 13.0. The zero-order chi connectivity index (χ0) is 23.0. The summed E-state index contributed by atoms with van der Waals surface area (Å²) in [5, 5.41) is 13.9. The normalized spacial score (nSPS) is 19.7. The lowest BCUT2D eigenvalue weighted by atomic mass is 9.94. The Morgan fingerprint density at radius 1 is 1.16 bits per heavy atom. The molecule has 32 heavy (non-hydrogen) atoms. The standard InChI is InChI=1S/C21H22N4O5S2/c1-13-9-14(2)12-24(11-13)32(29,30)17-6-3-15(4-7-17)20(26)23-21-22-18-8-5-16(25(27)28)10-19(18)31-21/h3-8,10,13-14H,9,11-12H2,1-2H3,(H,22,23,26). The van der Waals surface area contributed by atoms with Crippen LogP contribution in [0.2, 0.25) is 0 Å². The molecule has 11 heteroatoms. The lowest BCUT2D eigenvalue weighted by Crippen LogP contribution is -2.42. The van der Waals surface area contributed by atoms with Crippen molar-refractivity contribution in [1.82, 2.24) is 9.29 Å². The molecule has 0 spiro atoms. The first kappa shape index (κ1) is 22.3. The van der Waals surface area contributed by atoms with Gasteiger partial charge in [-0.15, -0.1) is 0 Å². The summed E-state index contributed by atoms with van der Waals surface area (Å²) < 4.78 is 28.1. The van der Waals surface area contributed by atoms with Gasteiger partial charge in [0.2, 0.25) is 10.0 Å². The van der Waals surface area contributed by atoms with E-state index in [0.29, 0.717) is 40.3 Å². The maximum absolute atomic E-state index is 13.0. The Hall–Kier alpha value is -2.89. The van der Waals surface area contributed by atoms with Gasteiger partial charge < -0.3 is 0 Å². The van der Waals surface area contributed by atoms with E-state index in [1.54, 1.807) is 0 Å². The Labute approximate surface area is 189 Å². The molecule has 1 aliphatic heterocycles. The molecule has 0 aliphatic carbocycles. The third kappa shape index (κ3) is 4.50. The minimum atomic E-state index is -3.62. The zero-order valence-electron chi connectivity index (χ0n) is 17.5. The Morgan fingerprint density at radius 2 is 1.81 bits per heavy atom. The summed E-state index contributed by atoms with van der Waals surface area (Å²) in [7, 11) is -3.62. The summed E-state index contributed by atoms with van der Waals surface area (Å²) in [5.74, 6) is 0.158. The van der Waals surface area contributed by atoms with Gasteiger partial charge in [0.15, 0.2) is 5.13 Å². The summed E-state index contributed by atoms with van der Waals surface area (Å²) in [4.78, 5) is 27.5. The van der Waals surface area contributed by atoms with Crippen LogP contribution in [-0.2, 0) is 10.0 Å². The number of anilines is 1. The molecule has 168 valence electrons. The minimum absolute atomic E-state index is 0.0479. The molecule has 0 radical (unpaired) electrons. The van der Waals surface area contributed by atoms with Crippen LogP contribution in [-0.4, -0.2) is 41.6 Å². The van der Waals surface area contributed by atoms with Crippen LogP contribution < -0.4 is 5.32 Å². The van der Waals surface area contributed by atoms with Crippen LogP contribution in [0.25, 0.3) is 10.2 Å². The fourth-order valence-electron chi connectivity index (χ4n) is 3.98. The van der Waals surface area contributed by atoms with E-state index in [-0.39, 0.29) is 16.1 Å². The number of nitrogens with zero attached hydrogens (tertiary/aromatic N) is 3. The summed E-state index contributed by atoms with van der Waals surface area (Å²) in [6, 6.07) is 10.1. The van der Waals surface area contributed by atoms with Gasteiger partial charge in [-0.1, -0.05) is 25.2 Å². The highest BCUT2D eigenvalue weighted by Gasteiger charge is 2.31. The second-order valence-electron chi connectivity index (χ2n) is 8.17. The number of rotatable bonds is 5. The van der Waals surface area contributed by atoms with Crippen LogP contribution in [0.3, 0.4) is 0 Å². The maximum Gasteiger partial charge on any atom is 0.270 e. The van der Waals surface area contributed by atoms with E-state index in [1.807, 2.05) is 13.8 Å². The number of nitro benzene ring substituents is 1. The average molecular weight is 475 g/mol. The number of aromatic nitrogens is 1. The molecule has 4 rings (SSSR count). The van der Waals surface area contributed by atoms with Crippen molar-refractivity contribution >= 4 is 48.3 Å². The molecule has 1 aromatic heterocycles. The molecule has 2 heterocycles. The molecule has 3 aromatic rings. The van der Waals surface area contributed by atoms with Crippen LogP contribution in [0, 0.1) is 22.0 Å². The average Bonchev–Trinajstić information content (AvgIpc) is 3.14. The van der Waals surface area contributed by atoms with Gasteiger partial charge in [-0.3, -0.25) is 20.2 Å². The van der Waals surface area contributed by atoms with E-state index in [1.165, 1.54) is 46.8 Å². The van der Waals surface area contributed by atoms with Crippen LogP contribution in [0.1, 0.15) is 30.6 Å². The van der Waals surface area contributed by atoms with Crippen LogP contribution in [0.15, 0.2) is 47.4 Å². The molecule has 1 saturated heterocycles. The first-order valence-electron chi connectivity index (χ1n) is 10.1. The summed E-state index contributed by atoms with van der Waals surface area (Å²) in [6.07, 6.45) is 1.00. The summed E-state index contributed by atoms with van der Waals surface area (Å²) in [6.45, 7) is 5.08. The van der Waals surface area contributed by atoms with Gasteiger partial charge in [-0.25, -0.2) is 13.4 Å². The lowest BCUT2D eigenvalue weighted by Gasteiger charge is -2.34. The van der Waals surface area contributed by atoms with Crippen molar-refractivity contribution in [2.24, 2.45) is 11.8 Å². The van der Waals surface area contributed by atoms with Gasteiger partial charge in [0, 0.05) is 30.8 Å². The zero-order valence-corrected chi connectivity index (χ0v) is 19.1. The van der Waals surface area contributed by atoms with E-state index < -0.39 is 20.9 Å². The predicted molar refractivity (Wildman–Crippen MR) is 122 cm³/mol. The summed E-state index contributed by atoms with van der Waals surface area (Å²) >= 11 is 1.13. The lowest BCUT2D eigenvalue weighted by molar-refractivity contribution is -0.384. The first-order valence-corrected chi connectivity index (χ1v) is 12.4. The number of hydrogen-bond acceptors (Lipinski definition) is 7. The summed E-state index contributed by atoms with van der Waals surface area (Å²) in [5.41, 5.74) is 0.783. The number of carbonyl (C=O) groups is 1. The number of amides is 1. The molecule has 0 saturated carbocycles. The quantitative estimate of drug-likeness (QED) is 0.438. The van der Waals surface area contributed by atoms with Crippen molar-refractivity contribution in [2.75, 3.05) is 18.4 Å². The third-order valence-corrected chi connectivity index (χ3v) is 8.17. The number of non-ortho nitro benzene ring substituents is 1. The second kappa shape index (κ2) is 8.57. The smallest absolute Gasteiger partial charge is 0.270 e. The Kier molecular flexibility index (Phi) is 5.97. The monoisotopic (exact) mass is 474 g/mol. The number of nitrogens with one attached hydrogen (secondary N) is 1. The first-order chi connectivity index (χ1) is 15.1. The van der Waals surface area contributed by atoms with Crippen molar-refractivity contribution in [3.05, 3.63) is 58.1 Å². The molecule has 2 aromatic carbocycles. The molecule has 1 amide bonds. The number of carbonyl (C=O) groups excluding carboxylic acids is 1. The highest BCUT2D eigenvalue weighted by atomic mass is 32.2. The topological polar surface area (TPSA) is 123 Å².